The first kappa shape index (κ1) is 33.2. The zero-order valence-corrected chi connectivity index (χ0v) is 22.4. The highest BCUT2D eigenvalue weighted by Gasteiger charge is 2.39. The van der Waals surface area contributed by atoms with Gasteiger partial charge >= 0.3 is 12.4 Å². The van der Waals surface area contributed by atoms with Gasteiger partial charge in [-0.1, -0.05) is 19.0 Å². The quantitative estimate of drug-likeness (QED) is 0.199. The minimum Gasteiger partial charge on any atom is -0.490 e. The maximum Gasteiger partial charge on any atom is 0.423 e. The number of piperidine rings is 1. The number of carbonyl (C=O) groups is 1. The molecule has 2 heterocycles. The third-order valence-electron chi connectivity index (χ3n) is 7.20. The van der Waals surface area contributed by atoms with Crippen molar-refractivity contribution in [1.29, 1.82) is 0 Å². The number of halogens is 7. The summed E-state index contributed by atoms with van der Waals surface area (Å²) in [6, 6.07) is 6.37. The molecule has 0 unspecified atom stereocenters. The predicted molar refractivity (Wildman–Crippen MR) is 145 cm³/mol. The zero-order valence-electron chi connectivity index (χ0n) is 21.7. The fourth-order valence-corrected chi connectivity index (χ4v) is 5.18. The molecule has 8 nitrogen and oxygen atoms in total. The van der Waals surface area contributed by atoms with Gasteiger partial charge in [-0.15, -0.1) is 0 Å². The summed E-state index contributed by atoms with van der Waals surface area (Å²) in [6.07, 6.45) is -8.86. The molecule has 1 amide bonds. The van der Waals surface area contributed by atoms with E-state index < -0.39 is 40.2 Å². The fraction of sp³-hybridized carbons (Fsp3) is 0.519. The predicted octanol–water partition coefficient (Wildman–Crippen LogP) is 6.50. The number of rotatable bonds is 7. The summed E-state index contributed by atoms with van der Waals surface area (Å²) in [4.78, 5) is 28.2. The van der Waals surface area contributed by atoms with E-state index in [1.54, 1.807) is 11.0 Å². The smallest absolute Gasteiger partial charge is 0.423 e. The van der Waals surface area contributed by atoms with Crippen LogP contribution in [0.4, 0.5) is 37.7 Å². The topological polar surface area (TPSA) is 79.2 Å². The lowest BCUT2D eigenvalue weighted by Gasteiger charge is -2.37. The molecule has 2 aromatic carbocycles. The van der Waals surface area contributed by atoms with Gasteiger partial charge in [0.1, 0.15) is 17.4 Å². The third-order valence-corrected chi connectivity index (χ3v) is 7.53. The maximum absolute atomic E-state index is 13.2. The average Bonchev–Trinajstić information content (AvgIpc) is 2.91. The van der Waals surface area contributed by atoms with Gasteiger partial charge in [0.2, 0.25) is 5.91 Å². The molecule has 2 aliphatic rings. The molecular weight excluding hydrogens is 594 g/mol. The second kappa shape index (κ2) is 13.4. The zero-order chi connectivity index (χ0) is 29.9. The SMILES string of the molecule is C.O=C(CCN1CCN(c2ccc(Cl)c(C(F)(F)F)c2)CC1)N1CCC(Oc2ccc([N+](=O)[O-])c(C(F)(F)F)c2)CC1. The van der Waals surface area contributed by atoms with Gasteiger partial charge in [0, 0.05) is 76.8 Å². The number of nitrogens with zero attached hydrogens (tertiary/aromatic N) is 4. The summed E-state index contributed by atoms with van der Waals surface area (Å²) in [7, 11) is 0. The number of alkyl halides is 6. The number of nitro groups is 1. The molecule has 2 saturated heterocycles. The molecule has 42 heavy (non-hydrogen) atoms. The van der Waals surface area contributed by atoms with E-state index >= 15 is 0 Å². The molecule has 232 valence electrons. The Hall–Kier alpha value is -3.26. The van der Waals surface area contributed by atoms with Gasteiger partial charge in [0.05, 0.1) is 15.5 Å². The van der Waals surface area contributed by atoms with Crippen molar-refractivity contribution < 1.29 is 40.8 Å². The second-order valence-electron chi connectivity index (χ2n) is 9.87. The highest BCUT2D eigenvalue weighted by molar-refractivity contribution is 6.31. The number of anilines is 1. The van der Waals surface area contributed by atoms with Gasteiger partial charge in [0.25, 0.3) is 5.69 Å². The van der Waals surface area contributed by atoms with Crippen molar-refractivity contribution in [3.63, 3.8) is 0 Å². The van der Waals surface area contributed by atoms with E-state index in [0.29, 0.717) is 70.4 Å². The van der Waals surface area contributed by atoms with E-state index in [4.69, 9.17) is 16.3 Å². The number of amides is 1. The molecule has 0 bridgehead atoms. The minimum atomic E-state index is -4.91. The van der Waals surface area contributed by atoms with Gasteiger partial charge in [-0.25, -0.2) is 0 Å². The number of hydrogen-bond acceptors (Lipinski definition) is 6. The Kier molecular flexibility index (Phi) is 10.6. The van der Waals surface area contributed by atoms with Gasteiger partial charge in [0.15, 0.2) is 0 Å². The lowest BCUT2D eigenvalue weighted by Crippen LogP contribution is -2.48. The monoisotopic (exact) mass is 624 g/mol. The summed E-state index contributed by atoms with van der Waals surface area (Å²) in [5.74, 6) is -0.201. The first-order valence-electron chi connectivity index (χ1n) is 12.9. The highest BCUT2D eigenvalue weighted by atomic mass is 35.5. The molecule has 4 rings (SSSR count). The standard InChI is InChI=1S/C26H27ClF6N4O4.CH4/c27-22-3-1-17(15-20(22)25(28,29)30)35-13-11-34(12-14-35)8-7-24(38)36-9-5-18(6-10-36)41-19-2-4-23(37(39)40)21(16-19)26(31,32)33;/h1-4,15-16,18H,5-14H2;1H4. The van der Waals surface area contributed by atoms with E-state index in [1.807, 2.05) is 4.90 Å². The number of hydrogen-bond donors (Lipinski definition) is 0. The molecule has 2 fully saturated rings. The average molecular weight is 625 g/mol. The van der Waals surface area contributed by atoms with Crippen molar-refractivity contribution in [1.82, 2.24) is 9.80 Å². The van der Waals surface area contributed by atoms with Crippen LogP contribution in [0.15, 0.2) is 36.4 Å². The van der Waals surface area contributed by atoms with Crippen molar-refractivity contribution in [3.05, 3.63) is 62.7 Å². The van der Waals surface area contributed by atoms with Crippen LogP contribution in [-0.4, -0.2) is 72.5 Å². The summed E-state index contributed by atoms with van der Waals surface area (Å²) in [5.41, 5.74) is -2.87. The minimum absolute atomic E-state index is 0. The lowest BCUT2D eigenvalue weighted by molar-refractivity contribution is -0.388. The summed E-state index contributed by atoms with van der Waals surface area (Å²) < 4.78 is 84.9. The molecule has 0 saturated carbocycles. The number of nitro benzene ring substituents is 1. The third kappa shape index (κ3) is 8.18. The maximum atomic E-state index is 13.2. The Morgan fingerprint density at radius 1 is 0.929 bits per heavy atom. The molecule has 0 spiro atoms. The normalized spacial score (nSPS) is 17.1. The van der Waals surface area contributed by atoms with Crippen LogP contribution < -0.4 is 9.64 Å². The second-order valence-corrected chi connectivity index (χ2v) is 10.3. The van der Waals surface area contributed by atoms with Crippen molar-refractivity contribution in [2.24, 2.45) is 0 Å². The number of likely N-dealkylation sites (tertiary alicyclic amines) is 1. The Labute approximate surface area is 243 Å². The molecule has 0 N–H and O–H groups in total. The van der Waals surface area contributed by atoms with Crippen molar-refractivity contribution in [2.45, 2.75) is 45.1 Å². The van der Waals surface area contributed by atoms with Crippen LogP contribution in [0.3, 0.4) is 0 Å². The van der Waals surface area contributed by atoms with E-state index in [-0.39, 0.29) is 30.5 Å². The van der Waals surface area contributed by atoms with Gasteiger partial charge in [-0.3, -0.25) is 19.8 Å². The Morgan fingerprint density at radius 2 is 1.55 bits per heavy atom. The van der Waals surface area contributed by atoms with E-state index in [1.165, 1.54) is 6.07 Å². The lowest BCUT2D eigenvalue weighted by atomic mass is 10.1. The highest BCUT2D eigenvalue weighted by Crippen LogP contribution is 2.39. The number of piperazine rings is 1. The van der Waals surface area contributed by atoms with Crippen LogP contribution in [0.1, 0.15) is 37.8 Å². The number of benzene rings is 2. The molecule has 0 atom stereocenters. The molecule has 0 aliphatic carbocycles. The largest absolute Gasteiger partial charge is 0.490 e. The molecular formula is C27H31ClF6N4O4. The van der Waals surface area contributed by atoms with Crippen molar-refractivity contribution in [3.8, 4) is 5.75 Å². The number of carbonyl (C=O) groups excluding carboxylic acids is 1. The van der Waals surface area contributed by atoms with Gasteiger partial charge in [-0.2, -0.15) is 26.3 Å². The van der Waals surface area contributed by atoms with Crippen LogP contribution in [0.25, 0.3) is 0 Å². The van der Waals surface area contributed by atoms with Gasteiger partial charge in [-0.05, 0) is 30.3 Å². The van der Waals surface area contributed by atoms with Gasteiger partial charge < -0.3 is 14.5 Å². The van der Waals surface area contributed by atoms with Crippen LogP contribution in [0, 0.1) is 10.1 Å². The van der Waals surface area contributed by atoms with Crippen molar-refractivity contribution in [2.75, 3.05) is 50.7 Å². The fourth-order valence-electron chi connectivity index (χ4n) is 4.96. The number of ether oxygens (including phenoxy) is 1. The first-order chi connectivity index (χ1) is 19.2. The molecule has 2 aromatic rings. The van der Waals surface area contributed by atoms with Crippen LogP contribution in [0.2, 0.25) is 5.02 Å². The van der Waals surface area contributed by atoms with Crippen molar-refractivity contribution >= 4 is 28.9 Å². The first-order valence-corrected chi connectivity index (χ1v) is 13.2. The van der Waals surface area contributed by atoms with Crippen LogP contribution in [-0.2, 0) is 17.1 Å². The van der Waals surface area contributed by atoms with E-state index in [0.717, 1.165) is 18.2 Å². The Bertz CT molecular complexity index is 1260. The Morgan fingerprint density at radius 3 is 2.12 bits per heavy atom. The van der Waals surface area contributed by atoms with E-state index in [9.17, 15) is 41.3 Å². The molecule has 15 heteroatoms. The van der Waals surface area contributed by atoms with Crippen LogP contribution in [0.5, 0.6) is 5.75 Å². The van der Waals surface area contributed by atoms with Crippen LogP contribution >= 0.6 is 11.6 Å². The summed E-state index contributed by atoms with van der Waals surface area (Å²) in [5, 5.41) is 10.6. The van der Waals surface area contributed by atoms with E-state index in [2.05, 4.69) is 4.90 Å². The summed E-state index contributed by atoms with van der Waals surface area (Å²) >= 11 is 5.71. The molecule has 0 radical (unpaired) electrons. The molecule has 2 aliphatic heterocycles. The summed E-state index contributed by atoms with van der Waals surface area (Å²) in [6.45, 7) is 3.33. The Balaban J connectivity index is 0.00000484. The molecule has 0 aromatic heterocycles.